The Hall–Kier alpha value is -0.830. The zero-order chi connectivity index (χ0) is 12.1. The van der Waals surface area contributed by atoms with Crippen LogP contribution in [0.5, 0.6) is 0 Å². The van der Waals surface area contributed by atoms with E-state index in [-0.39, 0.29) is 5.41 Å². The summed E-state index contributed by atoms with van der Waals surface area (Å²) in [7, 11) is 0. The summed E-state index contributed by atoms with van der Waals surface area (Å²) in [6.07, 6.45) is 1.17. The number of alkyl halides is 1. The minimum atomic E-state index is 0.129. The van der Waals surface area contributed by atoms with Gasteiger partial charge in [0.15, 0.2) is 0 Å². The summed E-state index contributed by atoms with van der Waals surface area (Å²) >= 11 is 2.47. The first-order valence-corrected chi connectivity index (χ1v) is 7.47. The predicted molar refractivity (Wildman–Crippen MR) is 82.8 cm³/mol. The van der Waals surface area contributed by atoms with Gasteiger partial charge in [0.05, 0.1) is 0 Å². The molecule has 0 saturated carbocycles. The van der Waals surface area contributed by atoms with Crippen LogP contribution in [0.15, 0.2) is 60.7 Å². The summed E-state index contributed by atoms with van der Waals surface area (Å²) in [5.74, 6) is 0. The molecule has 0 nitrogen and oxygen atoms in total. The van der Waals surface area contributed by atoms with Crippen LogP contribution in [0.4, 0.5) is 0 Å². The highest BCUT2D eigenvalue weighted by molar-refractivity contribution is 14.1. The summed E-state index contributed by atoms with van der Waals surface area (Å²) in [6.45, 7) is 2.34. The smallest absolute Gasteiger partial charge is 0.0182 e. The van der Waals surface area contributed by atoms with Gasteiger partial charge in [0.2, 0.25) is 0 Å². The van der Waals surface area contributed by atoms with Crippen molar-refractivity contribution in [2.75, 3.05) is 4.43 Å². The van der Waals surface area contributed by atoms with Gasteiger partial charge in [-0.2, -0.15) is 0 Å². The van der Waals surface area contributed by atoms with Crippen molar-refractivity contribution in [3.63, 3.8) is 0 Å². The molecule has 2 aromatic rings. The second-order valence-electron chi connectivity index (χ2n) is 4.50. The van der Waals surface area contributed by atoms with Crippen LogP contribution in [0.25, 0.3) is 0 Å². The maximum absolute atomic E-state index is 2.47. The normalized spacial score (nSPS) is 11.4. The van der Waals surface area contributed by atoms with Crippen LogP contribution < -0.4 is 0 Å². The van der Waals surface area contributed by atoms with Crippen molar-refractivity contribution in [3.05, 3.63) is 71.8 Å². The topological polar surface area (TPSA) is 0 Å². The van der Waals surface area contributed by atoms with Crippen LogP contribution in [0, 0.1) is 0 Å². The molecule has 0 N–H and O–H groups in total. The van der Waals surface area contributed by atoms with Crippen molar-refractivity contribution >= 4 is 22.6 Å². The molecule has 0 fully saturated rings. The molecule has 0 atom stereocenters. The molecular weight excluding hydrogens is 319 g/mol. The molecule has 2 rings (SSSR count). The van der Waals surface area contributed by atoms with Crippen molar-refractivity contribution in [2.45, 2.75) is 18.8 Å². The first-order chi connectivity index (χ1) is 8.27. The van der Waals surface area contributed by atoms with Gasteiger partial charge < -0.3 is 0 Å². The van der Waals surface area contributed by atoms with Crippen molar-refractivity contribution < 1.29 is 0 Å². The third-order valence-corrected chi connectivity index (χ3v) is 3.96. The third kappa shape index (κ3) is 2.71. The number of hydrogen-bond acceptors (Lipinski definition) is 0. The average Bonchev–Trinajstić information content (AvgIpc) is 2.41. The van der Waals surface area contributed by atoms with Crippen molar-refractivity contribution in [2.24, 2.45) is 0 Å². The Labute approximate surface area is 117 Å². The molecule has 88 valence electrons. The Morgan fingerprint density at radius 3 is 1.59 bits per heavy atom. The van der Waals surface area contributed by atoms with E-state index in [0.717, 1.165) is 4.43 Å². The second-order valence-corrected chi connectivity index (χ2v) is 5.58. The quantitative estimate of drug-likeness (QED) is 0.555. The molecule has 0 spiro atoms. The Balaban J connectivity index is 2.47. The van der Waals surface area contributed by atoms with E-state index >= 15 is 0 Å². The first-order valence-electron chi connectivity index (χ1n) is 5.94. The van der Waals surface area contributed by atoms with Gasteiger partial charge in [-0.3, -0.25) is 0 Å². The lowest BCUT2D eigenvalue weighted by Crippen LogP contribution is -2.24. The van der Waals surface area contributed by atoms with Crippen molar-refractivity contribution in [1.29, 1.82) is 0 Å². The summed E-state index contributed by atoms with van der Waals surface area (Å²) in [4.78, 5) is 0. The molecule has 0 bridgehead atoms. The van der Waals surface area contributed by atoms with Crippen LogP contribution in [0.1, 0.15) is 24.5 Å². The van der Waals surface area contributed by atoms with Gasteiger partial charge >= 0.3 is 0 Å². The lowest BCUT2D eigenvalue weighted by molar-refractivity contribution is 0.558. The third-order valence-electron chi connectivity index (χ3n) is 3.42. The van der Waals surface area contributed by atoms with E-state index in [4.69, 9.17) is 0 Å². The second kappa shape index (κ2) is 5.67. The summed E-state index contributed by atoms with van der Waals surface area (Å²) < 4.78 is 1.16. The van der Waals surface area contributed by atoms with Crippen molar-refractivity contribution in [1.82, 2.24) is 0 Å². The van der Waals surface area contributed by atoms with E-state index in [1.165, 1.54) is 17.5 Å². The predicted octanol–water partition coefficient (Wildman–Crippen LogP) is 4.82. The van der Waals surface area contributed by atoms with E-state index in [0.29, 0.717) is 0 Å². The first kappa shape index (κ1) is 12.6. The highest BCUT2D eigenvalue weighted by Gasteiger charge is 2.27. The molecule has 0 amide bonds. The van der Waals surface area contributed by atoms with Crippen LogP contribution in [0.3, 0.4) is 0 Å². The molecular formula is C16H17I. The molecule has 0 aliphatic rings. The zero-order valence-electron chi connectivity index (χ0n) is 10.1. The van der Waals surface area contributed by atoms with E-state index in [1.54, 1.807) is 0 Å². The Kier molecular flexibility index (Phi) is 4.21. The number of rotatable bonds is 4. The summed E-state index contributed by atoms with van der Waals surface area (Å²) in [5.41, 5.74) is 2.94. The van der Waals surface area contributed by atoms with Gasteiger partial charge in [-0.1, -0.05) is 90.2 Å². The summed E-state index contributed by atoms with van der Waals surface area (Å²) in [6, 6.07) is 21.6. The molecule has 0 aliphatic carbocycles. The average molecular weight is 336 g/mol. The lowest BCUT2D eigenvalue weighted by atomic mass is 9.74. The fraction of sp³-hybridized carbons (Fsp3) is 0.250. The van der Waals surface area contributed by atoms with Crippen LogP contribution in [0.2, 0.25) is 0 Å². The molecule has 1 heteroatoms. The highest BCUT2D eigenvalue weighted by Crippen LogP contribution is 2.35. The van der Waals surface area contributed by atoms with Gasteiger partial charge in [-0.25, -0.2) is 0 Å². The SMILES string of the molecule is CC(CCI)(c1ccccc1)c1ccccc1. The molecule has 0 unspecified atom stereocenters. The van der Waals surface area contributed by atoms with Crippen LogP contribution in [-0.4, -0.2) is 4.43 Å². The highest BCUT2D eigenvalue weighted by atomic mass is 127. The van der Waals surface area contributed by atoms with Crippen molar-refractivity contribution in [3.8, 4) is 0 Å². The fourth-order valence-corrected chi connectivity index (χ4v) is 3.34. The number of hydrogen-bond donors (Lipinski definition) is 0. The maximum Gasteiger partial charge on any atom is 0.0182 e. The van der Waals surface area contributed by atoms with Gasteiger partial charge in [-0.05, 0) is 17.5 Å². The molecule has 0 heterocycles. The van der Waals surface area contributed by atoms with Gasteiger partial charge in [-0.15, -0.1) is 0 Å². The monoisotopic (exact) mass is 336 g/mol. The molecule has 0 aliphatic heterocycles. The maximum atomic E-state index is 2.47. The zero-order valence-corrected chi connectivity index (χ0v) is 12.2. The van der Waals surface area contributed by atoms with Gasteiger partial charge in [0, 0.05) is 9.84 Å². The number of benzene rings is 2. The van der Waals surface area contributed by atoms with E-state index in [9.17, 15) is 0 Å². The largest absolute Gasteiger partial charge is 0.0863 e. The minimum Gasteiger partial charge on any atom is -0.0863 e. The minimum absolute atomic E-state index is 0.129. The lowest BCUT2D eigenvalue weighted by Gasteiger charge is -2.30. The standard InChI is InChI=1S/C16H17I/c1-16(12-13-17,14-8-4-2-5-9-14)15-10-6-3-7-11-15/h2-11H,12-13H2,1H3. The molecule has 0 aromatic heterocycles. The van der Waals surface area contributed by atoms with E-state index < -0.39 is 0 Å². The van der Waals surface area contributed by atoms with Gasteiger partial charge in [0.1, 0.15) is 0 Å². The number of halogens is 1. The molecule has 2 aromatic carbocycles. The van der Waals surface area contributed by atoms with E-state index in [2.05, 4.69) is 90.2 Å². The van der Waals surface area contributed by atoms with E-state index in [1.807, 2.05) is 0 Å². The molecule has 0 saturated heterocycles. The molecule has 17 heavy (non-hydrogen) atoms. The fourth-order valence-electron chi connectivity index (χ4n) is 2.26. The molecule has 0 radical (unpaired) electrons. The van der Waals surface area contributed by atoms with Crippen LogP contribution >= 0.6 is 22.6 Å². The Bertz CT molecular complexity index is 408. The van der Waals surface area contributed by atoms with Gasteiger partial charge in [0.25, 0.3) is 0 Å². The Morgan fingerprint density at radius 2 is 1.24 bits per heavy atom. The Morgan fingerprint density at radius 1 is 0.824 bits per heavy atom. The summed E-state index contributed by atoms with van der Waals surface area (Å²) in [5, 5.41) is 0. The van der Waals surface area contributed by atoms with Crippen LogP contribution in [-0.2, 0) is 5.41 Å².